The third-order valence-corrected chi connectivity index (χ3v) is 1.20. The van der Waals surface area contributed by atoms with E-state index in [1.54, 1.807) is 0 Å². The van der Waals surface area contributed by atoms with E-state index in [4.69, 9.17) is 0 Å². The highest BCUT2D eigenvalue weighted by molar-refractivity contribution is 5.72. The molecule has 0 saturated carbocycles. The molecule has 0 aliphatic rings. The summed E-state index contributed by atoms with van der Waals surface area (Å²) in [6.45, 7) is 7.58. The maximum Gasteiger partial charge on any atom is 0.216 e. The molecule has 0 aromatic rings. The second kappa shape index (κ2) is 7.28. The van der Waals surface area contributed by atoms with Crippen LogP contribution in [0.4, 0.5) is 0 Å². The van der Waals surface area contributed by atoms with E-state index in [1.807, 2.05) is 6.08 Å². The highest BCUT2D eigenvalue weighted by Gasteiger charge is 1.88. The summed E-state index contributed by atoms with van der Waals surface area (Å²) in [5.74, 6) is 0.0236. The van der Waals surface area contributed by atoms with Crippen molar-refractivity contribution in [3.63, 3.8) is 0 Å². The predicted molar refractivity (Wildman–Crippen MR) is 46.4 cm³/mol. The molecule has 2 N–H and O–H groups in total. The molecular weight excluding hydrogens is 140 g/mol. The largest absolute Gasteiger partial charge is 0.355 e. The van der Waals surface area contributed by atoms with Crippen molar-refractivity contribution in [2.24, 2.45) is 0 Å². The molecule has 64 valence electrons. The Morgan fingerprint density at radius 2 is 2.18 bits per heavy atom. The van der Waals surface area contributed by atoms with E-state index in [-0.39, 0.29) is 5.91 Å². The number of hydrogen-bond donors (Lipinski definition) is 2. The van der Waals surface area contributed by atoms with Gasteiger partial charge in [-0.1, -0.05) is 6.08 Å². The molecule has 0 aliphatic carbocycles. The van der Waals surface area contributed by atoms with Crippen molar-refractivity contribution < 1.29 is 4.79 Å². The van der Waals surface area contributed by atoms with Gasteiger partial charge in [-0.25, -0.2) is 0 Å². The Morgan fingerprint density at radius 3 is 2.73 bits per heavy atom. The summed E-state index contributed by atoms with van der Waals surface area (Å²) in [5, 5.41) is 5.85. The third kappa shape index (κ3) is 9.17. The van der Waals surface area contributed by atoms with Gasteiger partial charge in [0.1, 0.15) is 0 Å². The minimum atomic E-state index is 0.0236. The van der Waals surface area contributed by atoms with Crippen LogP contribution in [0.15, 0.2) is 12.7 Å². The number of nitrogens with one attached hydrogen (secondary N) is 2. The third-order valence-electron chi connectivity index (χ3n) is 1.20. The lowest BCUT2D eigenvalue weighted by molar-refractivity contribution is -0.118. The van der Waals surface area contributed by atoms with Crippen LogP contribution in [0.25, 0.3) is 0 Å². The molecule has 0 aromatic heterocycles. The lowest BCUT2D eigenvalue weighted by atomic mass is 10.4. The molecule has 0 bridgehead atoms. The van der Waals surface area contributed by atoms with Gasteiger partial charge in [0.2, 0.25) is 5.91 Å². The van der Waals surface area contributed by atoms with Gasteiger partial charge in [-0.3, -0.25) is 4.79 Å². The number of rotatable bonds is 6. The van der Waals surface area contributed by atoms with Gasteiger partial charge in [-0.15, -0.1) is 6.58 Å². The standard InChI is InChI=1S/C8H16N2O/c1-3-4-5-9-6-7-10-8(2)11/h3,9H,1,4-7H2,2H3,(H,10,11). The summed E-state index contributed by atoms with van der Waals surface area (Å²) in [6.07, 6.45) is 2.84. The van der Waals surface area contributed by atoms with Gasteiger partial charge < -0.3 is 10.6 Å². The zero-order valence-corrected chi connectivity index (χ0v) is 7.02. The SMILES string of the molecule is C=CCCNCCNC(C)=O. The topological polar surface area (TPSA) is 41.1 Å². The molecule has 0 spiro atoms. The Kier molecular flexibility index (Phi) is 6.73. The maximum atomic E-state index is 10.4. The van der Waals surface area contributed by atoms with Gasteiger partial charge in [0.05, 0.1) is 0 Å². The minimum absolute atomic E-state index is 0.0236. The van der Waals surface area contributed by atoms with E-state index < -0.39 is 0 Å². The number of carbonyl (C=O) groups is 1. The Labute approximate surface area is 67.9 Å². The average Bonchev–Trinajstić information content (AvgIpc) is 1.96. The van der Waals surface area contributed by atoms with Crippen LogP contribution < -0.4 is 10.6 Å². The Morgan fingerprint density at radius 1 is 1.45 bits per heavy atom. The molecule has 11 heavy (non-hydrogen) atoms. The quantitative estimate of drug-likeness (QED) is 0.428. The molecule has 0 saturated heterocycles. The molecule has 0 rings (SSSR count). The molecule has 0 aromatic carbocycles. The smallest absolute Gasteiger partial charge is 0.216 e. The Hall–Kier alpha value is -0.830. The number of carbonyl (C=O) groups excluding carboxylic acids is 1. The van der Waals surface area contributed by atoms with E-state index in [0.29, 0.717) is 6.54 Å². The van der Waals surface area contributed by atoms with Gasteiger partial charge in [-0.2, -0.15) is 0 Å². The zero-order chi connectivity index (χ0) is 8.53. The zero-order valence-electron chi connectivity index (χ0n) is 7.02. The van der Waals surface area contributed by atoms with Gasteiger partial charge >= 0.3 is 0 Å². The fraction of sp³-hybridized carbons (Fsp3) is 0.625. The van der Waals surface area contributed by atoms with Crippen molar-refractivity contribution in [1.82, 2.24) is 10.6 Å². The second-order valence-corrected chi connectivity index (χ2v) is 2.31. The van der Waals surface area contributed by atoms with Gasteiger partial charge in [0.15, 0.2) is 0 Å². The minimum Gasteiger partial charge on any atom is -0.355 e. The van der Waals surface area contributed by atoms with Crippen molar-refractivity contribution in [3.8, 4) is 0 Å². The van der Waals surface area contributed by atoms with Gasteiger partial charge in [0, 0.05) is 20.0 Å². The van der Waals surface area contributed by atoms with Crippen LogP contribution in [0.2, 0.25) is 0 Å². The van der Waals surface area contributed by atoms with E-state index in [1.165, 1.54) is 6.92 Å². The van der Waals surface area contributed by atoms with E-state index >= 15 is 0 Å². The highest BCUT2D eigenvalue weighted by atomic mass is 16.1. The van der Waals surface area contributed by atoms with Crippen molar-refractivity contribution in [2.45, 2.75) is 13.3 Å². The molecule has 0 radical (unpaired) electrons. The first kappa shape index (κ1) is 10.2. The number of hydrogen-bond acceptors (Lipinski definition) is 2. The van der Waals surface area contributed by atoms with Crippen LogP contribution in [-0.2, 0) is 4.79 Å². The maximum absolute atomic E-state index is 10.4. The molecule has 0 unspecified atom stereocenters. The van der Waals surface area contributed by atoms with Crippen molar-refractivity contribution in [2.75, 3.05) is 19.6 Å². The normalized spacial score (nSPS) is 9.18. The van der Waals surface area contributed by atoms with Crippen molar-refractivity contribution >= 4 is 5.91 Å². The first-order valence-corrected chi connectivity index (χ1v) is 3.83. The Bertz CT molecular complexity index is 123. The fourth-order valence-corrected chi connectivity index (χ4v) is 0.656. The van der Waals surface area contributed by atoms with E-state index in [0.717, 1.165) is 19.5 Å². The van der Waals surface area contributed by atoms with Gasteiger partial charge in [0.25, 0.3) is 0 Å². The van der Waals surface area contributed by atoms with Gasteiger partial charge in [-0.05, 0) is 13.0 Å². The van der Waals surface area contributed by atoms with Crippen LogP contribution >= 0.6 is 0 Å². The molecule has 0 heterocycles. The van der Waals surface area contributed by atoms with E-state index in [2.05, 4.69) is 17.2 Å². The molecule has 0 atom stereocenters. The highest BCUT2D eigenvalue weighted by Crippen LogP contribution is 1.73. The summed E-state index contributed by atoms with van der Waals surface area (Å²) >= 11 is 0. The predicted octanol–water partition coefficient (Wildman–Crippen LogP) is 0.288. The monoisotopic (exact) mass is 156 g/mol. The molecular formula is C8H16N2O. The molecule has 1 amide bonds. The fourth-order valence-electron chi connectivity index (χ4n) is 0.656. The van der Waals surface area contributed by atoms with Crippen molar-refractivity contribution in [3.05, 3.63) is 12.7 Å². The molecule has 0 aliphatic heterocycles. The Balaban J connectivity index is 2.90. The second-order valence-electron chi connectivity index (χ2n) is 2.31. The molecule has 0 fully saturated rings. The van der Waals surface area contributed by atoms with Crippen LogP contribution in [0.5, 0.6) is 0 Å². The van der Waals surface area contributed by atoms with Crippen LogP contribution in [0, 0.1) is 0 Å². The van der Waals surface area contributed by atoms with Crippen molar-refractivity contribution in [1.29, 1.82) is 0 Å². The number of amides is 1. The summed E-state index contributed by atoms with van der Waals surface area (Å²) in [5.41, 5.74) is 0. The summed E-state index contributed by atoms with van der Waals surface area (Å²) in [7, 11) is 0. The van der Waals surface area contributed by atoms with Crippen LogP contribution in [0.1, 0.15) is 13.3 Å². The molecule has 3 heteroatoms. The van der Waals surface area contributed by atoms with Crippen LogP contribution in [0.3, 0.4) is 0 Å². The first-order valence-electron chi connectivity index (χ1n) is 3.83. The van der Waals surface area contributed by atoms with Crippen LogP contribution in [-0.4, -0.2) is 25.5 Å². The lowest BCUT2D eigenvalue weighted by Gasteiger charge is -2.02. The summed E-state index contributed by atoms with van der Waals surface area (Å²) < 4.78 is 0. The first-order chi connectivity index (χ1) is 5.27. The summed E-state index contributed by atoms with van der Waals surface area (Å²) in [4.78, 5) is 10.4. The average molecular weight is 156 g/mol. The molecule has 3 nitrogen and oxygen atoms in total. The summed E-state index contributed by atoms with van der Waals surface area (Å²) in [6, 6.07) is 0. The lowest BCUT2D eigenvalue weighted by Crippen LogP contribution is -2.30. The van der Waals surface area contributed by atoms with E-state index in [9.17, 15) is 4.79 Å².